The number of hydrogen-bond acceptors (Lipinski definition) is 5. The number of carbonyl (C=O) groups excluding carboxylic acids is 1. The highest BCUT2D eigenvalue weighted by Crippen LogP contribution is 2.31. The maximum Gasteiger partial charge on any atom is 0.267 e. The molecular formula is C25H17F2N5O3S. The number of carbonyl (C=O) groups is 1. The number of halogens is 2. The summed E-state index contributed by atoms with van der Waals surface area (Å²) in [5.41, 5.74) is 2.15. The Morgan fingerprint density at radius 1 is 0.972 bits per heavy atom. The molecule has 2 heterocycles. The van der Waals surface area contributed by atoms with Crippen LogP contribution in [-0.2, 0) is 10.0 Å². The molecule has 5 aromatic rings. The number of para-hydroxylation sites is 2. The van der Waals surface area contributed by atoms with E-state index in [0.29, 0.717) is 22.7 Å². The summed E-state index contributed by atoms with van der Waals surface area (Å²) in [6.45, 7) is 1.48. The monoisotopic (exact) mass is 505 g/mol. The van der Waals surface area contributed by atoms with Crippen LogP contribution in [0.1, 0.15) is 17.3 Å². The van der Waals surface area contributed by atoms with E-state index in [0.717, 1.165) is 17.8 Å². The van der Waals surface area contributed by atoms with Crippen LogP contribution in [-0.4, -0.2) is 28.7 Å². The van der Waals surface area contributed by atoms with Crippen molar-refractivity contribution in [3.63, 3.8) is 0 Å². The van der Waals surface area contributed by atoms with Gasteiger partial charge in [-0.2, -0.15) is 0 Å². The van der Waals surface area contributed by atoms with E-state index < -0.39 is 26.6 Å². The Balaban J connectivity index is 1.60. The molecule has 0 atom stereocenters. The average molecular weight is 506 g/mol. The Hall–Kier alpha value is -4.51. The van der Waals surface area contributed by atoms with E-state index in [1.54, 1.807) is 71.8 Å². The van der Waals surface area contributed by atoms with Crippen molar-refractivity contribution in [1.82, 2.24) is 14.5 Å². The van der Waals surface area contributed by atoms with E-state index in [1.165, 1.54) is 11.5 Å². The van der Waals surface area contributed by atoms with Crippen LogP contribution >= 0.6 is 0 Å². The number of benzene rings is 3. The SMILES string of the molecule is CC(=O)c1ccc(-n2cc[n+](-c3nc4ccccc4nc3[N-]S(=O)(=O)c3cc(F)ccc3F)c2)cc1. The lowest BCUT2D eigenvalue weighted by Crippen LogP contribution is -2.30. The Morgan fingerprint density at radius 2 is 1.67 bits per heavy atom. The van der Waals surface area contributed by atoms with Crippen LogP contribution in [0, 0.1) is 11.6 Å². The van der Waals surface area contributed by atoms with Crippen molar-refractivity contribution in [2.24, 2.45) is 0 Å². The summed E-state index contributed by atoms with van der Waals surface area (Å²) in [4.78, 5) is 19.5. The zero-order chi connectivity index (χ0) is 25.4. The molecular weight excluding hydrogens is 488 g/mol. The summed E-state index contributed by atoms with van der Waals surface area (Å²) in [5.74, 6) is -2.35. The molecule has 8 nitrogen and oxygen atoms in total. The molecule has 0 aliphatic heterocycles. The molecule has 2 aromatic heterocycles. The first kappa shape index (κ1) is 23.2. The highest BCUT2D eigenvalue weighted by Gasteiger charge is 2.21. The average Bonchev–Trinajstić information content (AvgIpc) is 3.35. The van der Waals surface area contributed by atoms with E-state index in [2.05, 4.69) is 14.7 Å². The van der Waals surface area contributed by atoms with E-state index in [9.17, 15) is 22.0 Å². The summed E-state index contributed by atoms with van der Waals surface area (Å²) in [5, 5.41) is 0. The number of sulfonamides is 1. The van der Waals surface area contributed by atoms with Gasteiger partial charge in [-0.25, -0.2) is 26.3 Å². The molecule has 0 saturated carbocycles. The lowest BCUT2D eigenvalue weighted by Gasteiger charge is -2.17. The number of nitrogens with zero attached hydrogens (tertiary/aromatic N) is 5. The van der Waals surface area contributed by atoms with Crippen LogP contribution in [0.2, 0.25) is 0 Å². The van der Waals surface area contributed by atoms with Gasteiger partial charge in [0.05, 0.1) is 6.20 Å². The molecule has 0 saturated heterocycles. The molecule has 0 N–H and O–H groups in total. The predicted octanol–water partition coefficient (Wildman–Crippen LogP) is 4.57. The number of aromatic nitrogens is 4. The van der Waals surface area contributed by atoms with Crippen molar-refractivity contribution in [3.8, 4) is 11.5 Å². The molecule has 0 fully saturated rings. The molecule has 3 aromatic carbocycles. The van der Waals surface area contributed by atoms with Gasteiger partial charge in [0.2, 0.25) is 10.0 Å². The Kier molecular flexibility index (Phi) is 5.77. The normalized spacial score (nSPS) is 11.5. The number of fused-ring (bicyclic) bond motifs is 1. The van der Waals surface area contributed by atoms with Gasteiger partial charge in [-0.15, -0.1) is 4.98 Å². The molecule has 0 unspecified atom stereocenters. The number of imidazole rings is 1. The Labute approximate surface area is 204 Å². The number of Topliss-reactive ketones (excluding diaryl/α,β-unsaturated/α-hetero) is 1. The van der Waals surface area contributed by atoms with Crippen LogP contribution in [0.5, 0.6) is 0 Å². The van der Waals surface area contributed by atoms with Gasteiger partial charge in [0.15, 0.2) is 12.1 Å². The molecule has 5 rings (SSSR count). The fourth-order valence-electron chi connectivity index (χ4n) is 3.55. The third kappa shape index (κ3) is 4.43. The topological polar surface area (TPSA) is 99.9 Å². The predicted molar refractivity (Wildman–Crippen MR) is 127 cm³/mol. The molecule has 0 aliphatic carbocycles. The first-order valence-electron chi connectivity index (χ1n) is 10.6. The van der Waals surface area contributed by atoms with Crippen LogP contribution in [0.25, 0.3) is 27.3 Å². The van der Waals surface area contributed by atoms with Gasteiger partial charge >= 0.3 is 0 Å². The number of hydrogen-bond donors (Lipinski definition) is 0. The van der Waals surface area contributed by atoms with Crippen LogP contribution < -0.4 is 4.57 Å². The lowest BCUT2D eigenvalue weighted by molar-refractivity contribution is -0.597. The number of rotatable bonds is 6. The first-order chi connectivity index (χ1) is 17.2. The van der Waals surface area contributed by atoms with Crippen LogP contribution in [0.15, 0.2) is 90.3 Å². The summed E-state index contributed by atoms with van der Waals surface area (Å²) >= 11 is 0. The van der Waals surface area contributed by atoms with Crippen molar-refractivity contribution in [3.05, 3.63) is 107 Å². The largest absolute Gasteiger partial charge is 0.427 e. The Morgan fingerprint density at radius 3 is 2.36 bits per heavy atom. The smallest absolute Gasteiger partial charge is 0.267 e. The maximum absolute atomic E-state index is 14.2. The van der Waals surface area contributed by atoms with E-state index in [1.807, 2.05) is 0 Å². The van der Waals surface area contributed by atoms with E-state index >= 15 is 0 Å². The zero-order valence-electron chi connectivity index (χ0n) is 18.7. The summed E-state index contributed by atoms with van der Waals surface area (Å²) in [6.07, 6.45) is 4.94. The molecule has 11 heteroatoms. The quantitative estimate of drug-likeness (QED) is 0.249. The van der Waals surface area contributed by atoms with Crippen molar-refractivity contribution < 1.29 is 26.6 Å². The molecule has 0 radical (unpaired) electrons. The summed E-state index contributed by atoms with van der Waals surface area (Å²) in [7, 11) is -4.67. The fraction of sp³-hybridized carbons (Fsp3) is 0.0400. The summed E-state index contributed by atoms with van der Waals surface area (Å²) < 4.78 is 60.7. The fourth-order valence-corrected chi connectivity index (χ4v) is 4.58. The van der Waals surface area contributed by atoms with Crippen molar-refractivity contribution >= 4 is 32.7 Å². The zero-order valence-corrected chi connectivity index (χ0v) is 19.5. The van der Waals surface area contributed by atoms with Crippen LogP contribution in [0.4, 0.5) is 14.6 Å². The van der Waals surface area contributed by atoms with E-state index in [-0.39, 0.29) is 17.4 Å². The van der Waals surface area contributed by atoms with Crippen molar-refractivity contribution in [2.75, 3.05) is 0 Å². The van der Waals surface area contributed by atoms with E-state index in [4.69, 9.17) is 0 Å². The summed E-state index contributed by atoms with van der Waals surface area (Å²) in [6, 6.07) is 15.8. The minimum Gasteiger partial charge on any atom is -0.427 e. The van der Waals surface area contributed by atoms with Crippen LogP contribution in [0.3, 0.4) is 0 Å². The van der Waals surface area contributed by atoms with Gasteiger partial charge in [0.25, 0.3) is 5.82 Å². The molecule has 0 aliphatic rings. The van der Waals surface area contributed by atoms with Gasteiger partial charge in [0.1, 0.15) is 33.9 Å². The second-order valence-corrected chi connectivity index (χ2v) is 9.40. The number of ketones is 1. The minimum absolute atomic E-state index is 0.0576. The molecule has 36 heavy (non-hydrogen) atoms. The standard InChI is InChI=1S/C25H17F2N5O3S/c1-16(33)17-6-9-19(10-7-17)31-12-13-32(15-31)25-24(28-21-4-2-3-5-22(21)29-25)30-36(34,35)23-14-18(26)8-11-20(23)27/h2-15H,1H3. The maximum atomic E-state index is 14.2. The van der Waals surface area contributed by atoms with Gasteiger partial charge in [-0.3, -0.25) is 4.79 Å². The molecule has 0 spiro atoms. The van der Waals surface area contributed by atoms with Gasteiger partial charge < -0.3 is 9.71 Å². The second-order valence-electron chi connectivity index (χ2n) is 7.83. The molecule has 180 valence electrons. The van der Waals surface area contributed by atoms with Gasteiger partial charge in [-0.05, 0) is 55.5 Å². The highest BCUT2D eigenvalue weighted by atomic mass is 32.2. The molecule has 0 amide bonds. The first-order valence-corrected chi connectivity index (χ1v) is 12.1. The lowest BCUT2D eigenvalue weighted by atomic mass is 10.1. The van der Waals surface area contributed by atoms with Crippen molar-refractivity contribution in [2.45, 2.75) is 11.8 Å². The molecule has 0 bridgehead atoms. The Bertz CT molecular complexity index is 1730. The van der Waals surface area contributed by atoms with Gasteiger partial charge in [-0.1, -0.05) is 18.2 Å². The highest BCUT2D eigenvalue weighted by molar-refractivity contribution is 7.94. The minimum atomic E-state index is -4.67. The van der Waals surface area contributed by atoms with Crippen molar-refractivity contribution in [1.29, 1.82) is 0 Å². The van der Waals surface area contributed by atoms with Gasteiger partial charge in [0, 0.05) is 16.9 Å². The third-order valence-electron chi connectivity index (χ3n) is 5.37. The second kappa shape index (κ2) is 8.93. The third-order valence-corrected chi connectivity index (χ3v) is 6.65.